The molecule has 0 saturated carbocycles. The lowest BCUT2D eigenvalue weighted by Gasteiger charge is -1.98. The number of aromatic amines is 1. The van der Waals surface area contributed by atoms with Gasteiger partial charge >= 0.3 is 0 Å². The van der Waals surface area contributed by atoms with Gasteiger partial charge in [0.25, 0.3) is 5.56 Å². The maximum absolute atomic E-state index is 11.3. The summed E-state index contributed by atoms with van der Waals surface area (Å²) in [6.45, 7) is 0. The van der Waals surface area contributed by atoms with Crippen LogP contribution in [0.5, 0.6) is 0 Å². The third-order valence-electron chi connectivity index (χ3n) is 1.75. The highest BCUT2D eigenvalue weighted by Crippen LogP contribution is 2.26. The van der Waals surface area contributed by atoms with Gasteiger partial charge in [-0.2, -0.15) is 10.2 Å². The third-order valence-corrected chi connectivity index (χ3v) is 1.75. The number of nitrogens with one attached hydrogen (secondary N) is 1. The Morgan fingerprint density at radius 1 is 1.69 bits per heavy atom. The van der Waals surface area contributed by atoms with Crippen LogP contribution in [-0.4, -0.2) is 16.2 Å². The lowest BCUT2D eigenvalue weighted by molar-refractivity contribution is 1.05. The Balaban J connectivity index is 2.72. The highest BCUT2D eigenvalue weighted by Gasteiger charge is 2.23. The van der Waals surface area contributed by atoms with Crippen LogP contribution in [0.25, 0.3) is 0 Å². The minimum atomic E-state index is -0.605. The number of nitriles is 1. The van der Waals surface area contributed by atoms with E-state index in [9.17, 15) is 4.79 Å². The lowest BCUT2D eigenvalue weighted by atomic mass is 10.1. The van der Waals surface area contributed by atoms with Crippen LogP contribution in [0.15, 0.2) is 9.79 Å². The third kappa shape index (κ3) is 0.980. The number of fused-ring (bicyclic) bond motifs is 1. The number of nitrogen functional groups attached to an aromatic ring is 1. The zero-order valence-electron chi connectivity index (χ0n) is 6.48. The van der Waals surface area contributed by atoms with Gasteiger partial charge in [0, 0.05) is 6.21 Å². The molecule has 1 atom stereocenters. The van der Waals surface area contributed by atoms with Crippen LogP contribution in [-0.2, 0) is 0 Å². The second-order valence-corrected chi connectivity index (χ2v) is 2.57. The van der Waals surface area contributed by atoms with E-state index in [1.165, 1.54) is 6.21 Å². The van der Waals surface area contributed by atoms with Crippen LogP contribution in [0.1, 0.15) is 11.5 Å². The van der Waals surface area contributed by atoms with Gasteiger partial charge in [-0.3, -0.25) is 9.78 Å². The molecule has 6 nitrogen and oxygen atoms in total. The summed E-state index contributed by atoms with van der Waals surface area (Å²) in [4.78, 5) is 21.2. The molecule has 0 radical (unpaired) electrons. The molecule has 1 aliphatic rings. The van der Waals surface area contributed by atoms with E-state index in [0.717, 1.165) is 0 Å². The van der Waals surface area contributed by atoms with Crippen molar-refractivity contribution in [1.29, 1.82) is 5.26 Å². The molecule has 0 saturated heterocycles. The van der Waals surface area contributed by atoms with Crippen molar-refractivity contribution in [2.24, 2.45) is 4.99 Å². The molecular weight excluding hydrogens is 170 g/mol. The second-order valence-electron chi connectivity index (χ2n) is 2.57. The summed E-state index contributed by atoms with van der Waals surface area (Å²) < 4.78 is 0. The number of H-pyrrole nitrogens is 1. The number of hydrogen-bond donors (Lipinski definition) is 2. The predicted molar refractivity (Wildman–Crippen MR) is 45.8 cm³/mol. The standard InChI is InChI=1S/C7H5N5O/c8-1-3-2-10-5-4(3)6(13)12-7(9)11-5/h2-3H,(H3,9,11,12,13). The van der Waals surface area contributed by atoms with Gasteiger partial charge < -0.3 is 5.73 Å². The first-order valence-corrected chi connectivity index (χ1v) is 3.56. The monoisotopic (exact) mass is 175 g/mol. The maximum Gasteiger partial charge on any atom is 0.259 e. The van der Waals surface area contributed by atoms with E-state index >= 15 is 0 Å². The Morgan fingerprint density at radius 3 is 3.15 bits per heavy atom. The zero-order valence-corrected chi connectivity index (χ0v) is 6.48. The van der Waals surface area contributed by atoms with Crippen molar-refractivity contribution < 1.29 is 0 Å². The van der Waals surface area contributed by atoms with E-state index in [2.05, 4.69) is 15.0 Å². The number of rotatable bonds is 0. The van der Waals surface area contributed by atoms with Crippen LogP contribution in [0.4, 0.5) is 11.8 Å². The van der Waals surface area contributed by atoms with Gasteiger partial charge in [-0.05, 0) is 0 Å². The van der Waals surface area contributed by atoms with E-state index < -0.39 is 11.5 Å². The average molecular weight is 175 g/mol. The molecule has 1 aromatic heterocycles. The van der Waals surface area contributed by atoms with Gasteiger partial charge in [0.2, 0.25) is 5.95 Å². The molecule has 2 heterocycles. The number of hydrogen-bond acceptors (Lipinski definition) is 5. The Morgan fingerprint density at radius 2 is 2.46 bits per heavy atom. The summed E-state index contributed by atoms with van der Waals surface area (Å²) in [5.74, 6) is -0.348. The molecule has 2 rings (SSSR count). The Kier molecular flexibility index (Phi) is 1.39. The van der Waals surface area contributed by atoms with Crippen molar-refractivity contribution in [2.75, 3.05) is 5.73 Å². The van der Waals surface area contributed by atoms with Gasteiger partial charge in [-0.25, -0.2) is 4.99 Å². The van der Waals surface area contributed by atoms with Gasteiger partial charge in [-0.15, -0.1) is 0 Å². The normalized spacial score (nSPS) is 18.2. The Hall–Kier alpha value is -2.16. The van der Waals surface area contributed by atoms with Crippen molar-refractivity contribution in [1.82, 2.24) is 9.97 Å². The highest BCUT2D eigenvalue weighted by molar-refractivity contribution is 5.81. The summed E-state index contributed by atoms with van der Waals surface area (Å²) in [7, 11) is 0. The van der Waals surface area contributed by atoms with Crippen LogP contribution in [0.2, 0.25) is 0 Å². The number of nitrogens with two attached hydrogens (primary N) is 1. The molecule has 3 N–H and O–H groups in total. The minimum absolute atomic E-state index is 0.0134. The van der Waals surface area contributed by atoms with E-state index in [1.54, 1.807) is 0 Å². The van der Waals surface area contributed by atoms with E-state index in [-0.39, 0.29) is 17.3 Å². The molecule has 0 fully saturated rings. The summed E-state index contributed by atoms with van der Waals surface area (Å²) in [6, 6.07) is 1.93. The van der Waals surface area contributed by atoms with Gasteiger partial charge in [0.15, 0.2) is 5.82 Å². The van der Waals surface area contributed by atoms with Crippen LogP contribution in [0, 0.1) is 11.3 Å². The molecule has 0 aromatic carbocycles. The maximum atomic E-state index is 11.3. The summed E-state index contributed by atoms with van der Waals surface area (Å²) in [5.41, 5.74) is 5.17. The molecule has 0 spiro atoms. The summed E-state index contributed by atoms with van der Waals surface area (Å²) in [5, 5.41) is 8.65. The summed E-state index contributed by atoms with van der Waals surface area (Å²) in [6.07, 6.45) is 1.38. The van der Waals surface area contributed by atoms with Gasteiger partial charge in [0.1, 0.15) is 5.92 Å². The minimum Gasteiger partial charge on any atom is -0.369 e. The van der Waals surface area contributed by atoms with Crippen LogP contribution < -0.4 is 11.3 Å². The highest BCUT2D eigenvalue weighted by atomic mass is 16.1. The number of aromatic nitrogens is 2. The first kappa shape index (κ1) is 7.49. The van der Waals surface area contributed by atoms with Crippen LogP contribution in [0.3, 0.4) is 0 Å². The lowest BCUT2D eigenvalue weighted by Crippen LogP contribution is -2.16. The topological polar surface area (TPSA) is 108 Å². The fourth-order valence-electron chi connectivity index (χ4n) is 1.18. The zero-order chi connectivity index (χ0) is 9.42. The SMILES string of the molecule is N#CC1C=Nc2nc(N)[nH]c(=O)c21. The number of aliphatic imine (C=N–C) groups is 1. The number of nitrogens with zero attached hydrogens (tertiary/aromatic N) is 3. The molecule has 64 valence electrons. The summed E-state index contributed by atoms with van der Waals surface area (Å²) >= 11 is 0. The van der Waals surface area contributed by atoms with Gasteiger partial charge in [0.05, 0.1) is 11.6 Å². The fourth-order valence-corrected chi connectivity index (χ4v) is 1.18. The smallest absolute Gasteiger partial charge is 0.259 e. The second kappa shape index (κ2) is 2.42. The first-order valence-electron chi connectivity index (χ1n) is 3.56. The predicted octanol–water partition coefficient (Wildman–Crippen LogP) is -0.325. The Bertz CT molecular complexity index is 481. The molecule has 1 aromatic rings. The van der Waals surface area contributed by atoms with E-state index in [4.69, 9.17) is 11.0 Å². The number of anilines is 1. The largest absolute Gasteiger partial charge is 0.369 e. The molecule has 1 aliphatic heterocycles. The van der Waals surface area contributed by atoms with Crippen LogP contribution >= 0.6 is 0 Å². The molecular formula is C7H5N5O. The molecule has 0 aliphatic carbocycles. The van der Waals surface area contributed by atoms with Gasteiger partial charge in [-0.1, -0.05) is 0 Å². The van der Waals surface area contributed by atoms with E-state index in [0.29, 0.717) is 0 Å². The molecule has 0 amide bonds. The molecule has 6 heteroatoms. The van der Waals surface area contributed by atoms with Crippen molar-refractivity contribution in [3.05, 3.63) is 15.9 Å². The molecule has 13 heavy (non-hydrogen) atoms. The van der Waals surface area contributed by atoms with Crippen molar-refractivity contribution in [2.45, 2.75) is 5.92 Å². The quantitative estimate of drug-likeness (QED) is 0.562. The average Bonchev–Trinajstić information content (AvgIpc) is 2.47. The van der Waals surface area contributed by atoms with Crippen molar-refractivity contribution in [3.63, 3.8) is 0 Å². The fraction of sp³-hybridized carbons (Fsp3) is 0.143. The molecule has 1 unspecified atom stereocenters. The van der Waals surface area contributed by atoms with Crippen molar-refractivity contribution in [3.8, 4) is 6.07 Å². The Labute approximate surface area is 72.7 Å². The van der Waals surface area contributed by atoms with E-state index in [1.807, 2.05) is 6.07 Å². The van der Waals surface area contributed by atoms with Crippen molar-refractivity contribution >= 4 is 18.0 Å². The first-order chi connectivity index (χ1) is 6.22. The molecule has 0 bridgehead atoms.